The first-order valence-electron chi connectivity index (χ1n) is 15.0. The summed E-state index contributed by atoms with van der Waals surface area (Å²) in [6.07, 6.45) is 9.74. The first kappa shape index (κ1) is 35.4. The molecule has 0 spiro atoms. The van der Waals surface area contributed by atoms with E-state index in [-0.39, 0.29) is 32.8 Å². The minimum Gasteiger partial charge on any atom is -0.466 e. The molecule has 218 valence electrons. The summed E-state index contributed by atoms with van der Waals surface area (Å²) in [5.41, 5.74) is -3.14. The van der Waals surface area contributed by atoms with Gasteiger partial charge in [0.15, 0.2) is 5.60 Å². The summed E-state index contributed by atoms with van der Waals surface area (Å²) in [5.74, 6) is -1.66. The van der Waals surface area contributed by atoms with Crippen LogP contribution in [0.15, 0.2) is 0 Å². The van der Waals surface area contributed by atoms with Crippen LogP contribution in [0.5, 0.6) is 0 Å². The summed E-state index contributed by atoms with van der Waals surface area (Å²) in [5, 5.41) is 0. The summed E-state index contributed by atoms with van der Waals surface area (Å²) >= 11 is 0. The molecular formula is C30H56O7. The molecule has 7 nitrogen and oxygen atoms in total. The molecule has 0 amide bonds. The van der Waals surface area contributed by atoms with Crippen LogP contribution in [0.2, 0.25) is 0 Å². The van der Waals surface area contributed by atoms with Crippen LogP contribution in [-0.2, 0) is 33.3 Å². The van der Waals surface area contributed by atoms with Crippen LogP contribution in [0.3, 0.4) is 0 Å². The molecule has 0 aromatic rings. The van der Waals surface area contributed by atoms with E-state index in [4.69, 9.17) is 18.9 Å². The average Bonchev–Trinajstić information content (AvgIpc) is 2.88. The molecule has 0 heterocycles. The van der Waals surface area contributed by atoms with E-state index >= 15 is 0 Å². The topological polar surface area (TPSA) is 88.1 Å². The van der Waals surface area contributed by atoms with Gasteiger partial charge in [-0.15, -0.1) is 0 Å². The first-order chi connectivity index (χ1) is 17.8. The van der Waals surface area contributed by atoms with E-state index in [2.05, 4.69) is 0 Å². The molecule has 0 bridgehead atoms. The van der Waals surface area contributed by atoms with E-state index in [1.165, 1.54) is 0 Å². The van der Waals surface area contributed by atoms with Gasteiger partial charge < -0.3 is 18.9 Å². The Hall–Kier alpha value is -1.63. The Morgan fingerprint density at radius 3 is 1.38 bits per heavy atom. The number of carbonyl (C=O) groups is 3. The summed E-state index contributed by atoms with van der Waals surface area (Å²) in [6, 6.07) is 0. The van der Waals surface area contributed by atoms with Crippen molar-refractivity contribution in [2.24, 2.45) is 5.41 Å². The second-order valence-electron chi connectivity index (χ2n) is 10.0. The largest absolute Gasteiger partial charge is 0.466 e. The Morgan fingerprint density at radius 1 is 0.514 bits per heavy atom. The second-order valence-corrected chi connectivity index (χ2v) is 10.0. The van der Waals surface area contributed by atoms with Crippen LogP contribution in [0.4, 0.5) is 0 Å². The van der Waals surface area contributed by atoms with Crippen molar-refractivity contribution in [3.8, 4) is 0 Å². The Bertz CT molecular complexity index is 611. The number of hydrogen-bond donors (Lipinski definition) is 0. The van der Waals surface area contributed by atoms with Crippen LogP contribution in [0.25, 0.3) is 0 Å². The number of carbonyl (C=O) groups excluding carboxylic acids is 3. The molecule has 0 radical (unpaired) electrons. The minimum absolute atomic E-state index is 0.210. The van der Waals surface area contributed by atoms with E-state index in [0.29, 0.717) is 38.5 Å². The van der Waals surface area contributed by atoms with E-state index in [1.54, 1.807) is 0 Å². The van der Waals surface area contributed by atoms with Gasteiger partial charge in [0.25, 0.3) is 0 Å². The van der Waals surface area contributed by atoms with E-state index < -0.39 is 28.9 Å². The van der Waals surface area contributed by atoms with Crippen LogP contribution in [0, 0.1) is 5.41 Å². The number of unbranched alkanes of at least 4 members (excludes halogenated alkanes) is 6. The van der Waals surface area contributed by atoms with Gasteiger partial charge in [-0.05, 0) is 38.5 Å². The van der Waals surface area contributed by atoms with Crippen molar-refractivity contribution < 1.29 is 33.3 Å². The lowest BCUT2D eigenvalue weighted by Crippen LogP contribution is -2.62. The SMILES string of the molecule is CCCCOC(=O)CC(OCCCC)(C(=O)OCCCC)C(CCCC)(CCCC)C(=O)OCCCC. The van der Waals surface area contributed by atoms with Gasteiger partial charge in [0, 0.05) is 6.61 Å². The normalized spacial score (nSPS) is 13.1. The lowest BCUT2D eigenvalue weighted by Gasteiger charge is -2.46. The third kappa shape index (κ3) is 11.7. The molecule has 0 aromatic heterocycles. The van der Waals surface area contributed by atoms with Crippen molar-refractivity contribution in [2.75, 3.05) is 26.4 Å². The molecule has 0 rings (SSSR count). The summed E-state index contributed by atoms with van der Waals surface area (Å²) in [4.78, 5) is 41.3. The quantitative estimate of drug-likeness (QED) is 0.0736. The number of esters is 3. The minimum atomic E-state index is -1.80. The van der Waals surface area contributed by atoms with Crippen LogP contribution in [-0.4, -0.2) is 49.9 Å². The van der Waals surface area contributed by atoms with Gasteiger partial charge in [0.1, 0.15) is 5.41 Å². The van der Waals surface area contributed by atoms with Gasteiger partial charge in [-0.25, -0.2) is 4.79 Å². The molecule has 0 saturated heterocycles. The molecule has 0 aromatic carbocycles. The van der Waals surface area contributed by atoms with E-state index in [1.807, 2.05) is 41.5 Å². The predicted molar refractivity (Wildman–Crippen MR) is 147 cm³/mol. The summed E-state index contributed by atoms with van der Waals surface area (Å²) in [6.45, 7) is 13.2. The summed E-state index contributed by atoms with van der Waals surface area (Å²) < 4.78 is 23.6. The molecule has 0 aliphatic rings. The lowest BCUT2D eigenvalue weighted by atomic mass is 9.63. The molecular weight excluding hydrogens is 472 g/mol. The van der Waals surface area contributed by atoms with Crippen molar-refractivity contribution in [3.05, 3.63) is 0 Å². The maximum atomic E-state index is 14.0. The second kappa shape index (κ2) is 21.3. The van der Waals surface area contributed by atoms with Crippen LogP contribution < -0.4 is 0 Å². The summed E-state index contributed by atoms with van der Waals surface area (Å²) in [7, 11) is 0. The molecule has 7 heteroatoms. The van der Waals surface area contributed by atoms with Crippen molar-refractivity contribution >= 4 is 17.9 Å². The van der Waals surface area contributed by atoms with Gasteiger partial charge in [0.2, 0.25) is 0 Å². The van der Waals surface area contributed by atoms with E-state index in [9.17, 15) is 14.4 Å². The maximum absolute atomic E-state index is 14.0. The fourth-order valence-electron chi connectivity index (χ4n) is 4.39. The molecule has 0 saturated carbocycles. The van der Waals surface area contributed by atoms with E-state index in [0.717, 1.165) is 51.4 Å². The first-order valence-corrected chi connectivity index (χ1v) is 15.0. The highest BCUT2D eigenvalue weighted by molar-refractivity contribution is 5.94. The van der Waals surface area contributed by atoms with Gasteiger partial charge in [-0.2, -0.15) is 0 Å². The molecule has 0 aliphatic carbocycles. The van der Waals surface area contributed by atoms with Crippen molar-refractivity contribution in [1.82, 2.24) is 0 Å². The number of ether oxygens (including phenoxy) is 4. The van der Waals surface area contributed by atoms with Crippen molar-refractivity contribution in [2.45, 2.75) is 143 Å². The molecule has 0 aliphatic heterocycles. The fraction of sp³-hybridized carbons (Fsp3) is 0.900. The predicted octanol–water partition coefficient (Wildman–Crippen LogP) is 7.33. The molecule has 1 unspecified atom stereocenters. The third-order valence-electron chi connectivity index (χ3n) is 6.87. The molecule has 0 fully saturated rings. The molecule has 37 heavy (non-hydrogen) atoms. The van der Waals surface area contributed by atoms with Gasteiger partial charge in [-0.1, -0.05) is 92.9 Å². The highest BCUT2D eigenvalue weighted by Crippen LogP contribution is 2.48. The monoisotopic (exact) mass is 528 g/mol. The van der Waals surface area contributed by atoms with Gasteiger partial charge >= 0.3 is 17.9 Å². The zero-order chi connectivity index (χ0) is 28.0. The maximum Gasteiger partial charge on any atom is 0.340 e. The standard InChI is InChI=1S/C30H56O7/c1-7-13-19-29(20-14-8-2,27(32)35-22-16-10-4)30(37-24-18-12-6,28(33)36-23-17-11-5)25-26(31)34-21-15-9-3/h7-25H2,1-6H3. The van der Waals surface area contributed by atoms with Crippen molar-refractivity contribution in [1.29, 1.82) is 0 Å². The van der Waals surface area contributed by atoms with Gasteiger partial charge in [0.05, 0.1) is 26.2 Å². The van der Waals surface area contributed by atoms with Crippen LogP contribution in [0.1, 0.15) is 138 Å². The molecule has 0 N–H and O–H groups in total. The Morgan fingerprint density at radius 2 is 0.919 bits per heavy atom. The third-order valence-corrected chi connectivity index (χ3v) is 6.87. The smallest absolute Gasteiger partial charge is 0.340 e. The zero-order valence-electron chi connectivity index (χ0n) is 24.8. The van der Waals surface area contributed by atoms with Crippen LogP contribution >= 0.6 is 0 Å². The zero-order valence-corrected chi connectivity index (χ0v) is 24.8. The Kier molecular flexibility index (Phi) is 20.4. The fourth-order valence-corrected chi connectivity index (χ4v) is 4.39. The Labute approximate surface area is 226 Å². The number of hydrogen-bond acceptors (Lipinski definition) is 7. The molecule has 1 atom stereocenters. The lowest BCUT2D eigenvalue weighted by molar-refractivity contribution is -0.215. The number of rotatable bonds is 24. The van der Waals surface area contributed by atoms with Gasteiger partial charge in [-0.3, -0.25) is 9.59 Å². The average molecular weight is 529 g/mol. The Balaban J connectivity index is 6.86. The highest BCUT2D eigenvalue weighted by Gasteiger charge is 2.64. The van der Waals surface area contributed by atoms with Crippen molar-refractivity contribution in [3.63, 3.8) is 0 Å². The highest BCUT2D eigenvalue weighted by atomic mass is 16.6.